The molecule has 10 heavy (non-hydrogen) atoms. The average Bonchev–Trinajstić information content (AvgIpc) is 1.88. The summed E-state index contributed by atoms with van der Waals surface area (Å²) in [6.45, 7) is 7.61. The van der Waals surface area contributed by atoms with Gasteiger partial charge in [0.25, 0.3) is 0 Å². The van der Waals surface area contributed by atoms with E-state index in [0.717, 1.165) is 12.0 Å². The Morgan fingerprint density at radius 3 is 2.30 bits per heavy atom. The summed E-state index contributed by atoms with van der Waals surface area (Å²) >= 11 is 0. The Morgan fingerprint density at radius 2 is 2.20 bits per heavy atom. The summed E-state index contributed by atoms with van der Waals surface area (Å²) in [7, 11) is 0. The molecule has 0 saturated heterocycles. The molecule has 1 atom stereocenters. The van der Waals surface area contributed by atoms with Gasteiger partial charge in [-0.15, -0.1) is 0 Å². The smallest absolute Gasteiger partial charge is 0.0790 e. The third kappa shape index (κ3) is 2.19. The number of hydrazone groups is 1. The zero-order valence-electron chi connectivity index (χ0n) is 6.59. The van der Waals surface area contributed by atoms with Gasteiger partial charge in [-0.1, -0.05) is 13.5 Å². The van der Waals surface area contributed by atoms with E-state index in [9.17, 15) is 0 Å². The van der Waals surface area contributed by atoms with Gasteiger partial charge < -0.3 is 11.6 Å². The fourth-order valence-electron chi connectivity index (χ4n) is 0.712. The largest absolute Gasteiger partial charge is 0.323 e. The van der Waals surface area contributed by atoms with Gasteiger partial charge in [0.2, 0.25) is 0 Å². The van der Waals surface area contributed by atoms with Crippen LogP contribution >= 0.6 is 0 Å². The molecule has 0 fully saturated rings. The van der Waals surface area contributed by atoms with Gasteiger partial charge in [-0.05, 0) is 18.9 Å². The van der Waals surface area contributed by atoms with Crippen LogP contribution in [-0.4, -0.2) is 11.8 Å². The predicted molar refractivity (Wildman–Crippen MR) is 44.7 cm³/mol. The molecule has 0 heterocycles. The lowest BCUT2D eigenvalue weighted by molar-refractivity contribution is 0.946. The van der Waals surface area contributed by atoms with Gasteiger partial charge >= 0.3 is 0 Å². The van der Waals surface area contributed by atoms with E-state index >= 15 is 0 Å². The number of hydrogen-bond acceptors (Lipinski definition) is 3. The summed E-state index contributed by atoms with van der Waals surface area (Å²) in [4.78, 5) is 0. The molecule has 58 valence electrons. The van der Waals surface area contributed by atoms with Gasteiger partial charge in [-0.3, -0.25) is 0 Å². The number of nitrogens with two attached hydrogens (primary N) is 2. The van der Waals surface area contributed by atoms with Crippen LogP contribution < -0.4 is 11.6 Å². The van der Waals surface area contributed by atoms with Crippen molar-refractivity contribution < 1.29 is 0 Å². The van der Waals surface area contributed by atoms with Crippen molar-refractivity contribution in [2.75, 3.05) is 0 Å². The second-order valence-corrected chi connectivity index (χ2v) is 2.26. The fourth-order valence-corrected chi connectivity index (χ4v) is 0.712. The molecule has 0 aromatic heterocycles. The van der Waals surface area contributed by atoms with E-state index in [-0.39, 0.29) is 6.04 Å². The molecule has 0 spiro atoms. The normalized spacial score (nSPS) is 14.9. The standard InChI is InChI=1S/C7H15N3/c1-4-5(2)7(10-9)6(3)8/h6H,2,4,8-9H2,1,3H3/b10-7+/t6-/m0/s1. The van der Waals surface area contributed by atoms with Crippen molar-refractivity contribution >= 4 is 5.71 Å². The van der Waals surface area contributed by atoms with Crippen LogP contribution in [0.25, 0.3) is 0 Å². The third-order valence-corrected chi connectivity index (χ3v) is 1.36. The Morgan fingerprint density at radius 1 is 1.70 bits per heavy atom. The van der Waals surface area contributed by atoms with Crippen molar-refractivity contribution in [1.82, 2.24) is 0 Å². The Balaban J connectivity index is 4.24. The molecule has 0 amide bonds. The Labute approximate surface area is 61.8 Å². The molecular formula is C7H15N3. The lowest BCUT2D eigenvalue weighted by Crippen LogP contribution is -2.28. The summed E-state index contributed by atoms with van der Waals surface area (Å²) in [6.07, 6.45) is 0.845. The molecule has 0 rings (SSSR count). The first-order valence-corrected chi connectivity index (χ1v) is 3.35. The lowest BCUT2D eigenvalue weighted by Gasteiger charge is -2.08. The van der Waals surface area contributed by atoms with Gasteiger partial charge in [0.15, 0.2) is 0 Å². The minimum absolute atomic E-state index is 0.113. The number of hydrogen-bond donors (Lipinski definition) is 2. The fraction of sp³-hybridized carbons (Fsp3) is 0.571. The van der Waals surface area contributed by atoms with E-state index in [0.29, 0.717) is 5.71 Å². The van der Waals surface area contributed by atoms with Crippen LogP contribution in [0.2, 0.25) is 0 Å². The second-order valence-electron chi connectivity index (χ2n) is 2.26. The Hall–Kier alpha value is -0.830. The van der Waals surface area contributed by atoms with Crippen LogP contribution in [0.4, 0.5) is 0 Å². The molecule has 3 nitrogen and oxygen atoms in total. The molecule has 0 radical (unpaired) electrons. The molecule has 0 aromatic carbocycles. The molecular weight excluding hydrogens is 126 g/mol. The molecule has 0 aliphatic carbocycles. The summed E-state index contributed by atoms with van der Waals surface area (Å²) in [5, 5.41) is 3.55. The highest BCUT2D eigenvalue weighted by molar-refractivity contribution is 6.02. The van der Waals surface area contributed by atoms with E-state index in [2.05, 4.69) is 11.7 Å². The zero-order chi connectivity index (χ0) is 8.15. The summed E-state index contributed by atoms with van der Waals surface area (Å²) in [6, 6.07) is -0.113. The molecule has 4 N–H and O–H groups in total. The first-order chi connectivity index (χ1) is 4.63. The highest BCUT2D eigenvalue weighted by Crippen LogP contribution is 2.01. The van der Waals surface area contributed by atoms with Crippen LogP contribution in [0, 0.1) is 0 Å². The SMILES string of the molecule is C=C(CC)/C(=N\N)[C@H](C)N. The van der Waals surface area contributed by atoms with Gasteiger partial charge in [-0.25, -0.2) is 0 Å². The van der Waals surface area contributed by atoms with Crippen LogP contribution in [0.3, 0.4) is 0 Å². The van der Waals surface area contributed by atoms with E-state index in [1.54, 1.807) is 0 Å². The minimum Gasteiger partial charge on any atom is -0.323 e. The maximum atomic E-state index is 5.55. The monoisotopic (exact) mass is 141 g/mol. The Bertz CT molecular complexity index is 147. The highest BCUT2D eigenvalue weighted by Gasteiger charge is 2.06. The van der Waals surface area contributed by atoms with E-state index in [1.165, 1.54) is 0 Å². The van der Waals surface area contributed by atoms with Crippen molar-refractivity contribution in [3.8, 4) is 0 Å². The van der Waals surface area contributed by atoms with Crippen molar-refractivity contribution in [3.63, 3.8) is 0 Å². The molecule has 0 unspecified atom stereocenters. The molecule has 0 saturated carbocycles. The predicted octanol–water partition coefficient (Wildman–Crippen LogP) is 0.615. The first kappa shape index (κ1) is 9.17. The molecule has 0 aliphatic rings. The molecule has 0 bridgehead atoms. The summed E-state index contributed by atoms with van der Waals surface area (Å²) < 4.78 is 0. The highest BCUT2D eigenvalue weighted by atomic mass is 15.1. The maximum Gasteiger partial charge on any atom is 0.0790 e. The van der Waals surface area contributed by atoms with E-state index in [4.69, 9.17) is 11.6 Å². The van der Waals surface area contributed by atoms with E-state index < -0.39 is 0 Å². The number of rotatable bonds is 3. The van der Waals surface area contributed by atoms with Crippen molar-refractivity contribution in [2.24, 2.45) is 16.7 Å². The van der Waals surface area contributed by atoms with Gasteiger partial charge in [0, 0.05) is 6.04 Å². The van der Waals surface area contributed by atoms with Gasteiger partial charge in [-0.2, -0.15) is 5.10 Å². The van der Waals surface area contributed by atoms with Gasteiger partial charge in [0.05, 0.1) is 5.71 Å². The van der Waals surface area contributed by atoms with Crippen molar-refractivity contribution in [1.29, 1.82) is 0 Å². The van der Waals surface area contributed by atoms with E-state index in [1.807, 2.05) is 13.8 Å². The molecule has 0 aliphatic heterocycles. The average molecular weight is 141 g/mol. The lowest BCUT2D eigenvalue weighted by atomic mass is 10.1. The molecule has 0 aromatic rings. The van der Waals surface area contributed by atoms with Crippen LogP contribution in [-0.2, 0) is 0 Å². The van der Waals surface area contributed by atoms with Crippen LogP contribution in [0.15, 0.2) is 17.3 Å². The van der Waals surface area contributed by atoms with Gasteiger partial charge in [0.1, 0.15) is 0 Å². The minimum atomic E-state index is -0.113. The topological polar surface area (TPSA) is 64.4 Å². The zero-order valence-corrected chi connectivity index (χ0v) is 6.59. The first-order valence-electron chi connectivity index (χ1n) is 3.35. The Kier molecular flexibility index (Phi) is 3.72. The van der Waals surface area contributed by atoms with Crippen molar-refractivity contribution in [3.05, 3.63) is 12.2 Å². The number of nitrogens with zero attached hydrogens (tertiary/aromatic N) is 1. The summed E-state index contributed by atoms with van der Waals surface area (Å²) in [5.41, 5.74) is 7.18. The third-order valence-electron chi connectivity index (χ3n) is 1.36. The quantitative estimate of drug-likeness (QED) is 0.343. The van der Waals surface area contributed by atoms with Crippen LogP contribution in [0.1, 0.15) is 20.3 Å². The maximum absolute atomic E-state index is 5.55. The van der Waals surface area contributed by atoms with Crippen molar-refractivity contribution in [2.45, 2.75) is 26.3 Å². The van der Waals surface area contributed by atoms with Crippen LogP contribution in [0.5, 0.6) is 0 Å². The second kappa shape index (κ2) is 4.06. The summed E-state index contributed by atoms with van der Waals surface area (Å²) in [5.74, 6) is 5.10. The molecule has 3 heteroatoms.